The Morgan fingerprint density at radius 1 is 1.14 bits per heavy atom. The molecule has 3 rings (SSSR count). The predicted molar refractivity (Wildman–Crippen MR) is 87.5 cm³/mol. The fourth-order valence-electron chi connectivity index (χ4n) is 2.37. The summed E-state index contributed by atoms with van der Waals surface area (Å²) >= 11 is 1.21. The molecule has 22 heavy (non-hydrogen) atoms. The van der Waals surface area contributed by atoms with Gasteiger partial charge in [-0.15, -0.1) is 0 Å². The van der Waals surface area contributed by atoms with Crippen LogP contribution in [-0.2, 0) is 0 Å². The molecular weight excluding hydrogens is 296 g/mol. The fraction of sp³-hybridized carbons (Fsp3) is 0.0588. The normalized spacial score (nSPS) is 10.6. The number of aromatic nitrogens is 1. The average Bonchev–Trinajstić information content (AvgIpc) is 2.96. The zero-order chi connectivity index (χ0) is 15.5. The van der Waals surface area contributed by atoms with E-state index in [1.165, 1.54) is 11.9 Å². The number of hydrogen-bond donors (Lipinski definition) is 1. The van der Waals surface area contributed by atoms with Gasteiger partial charge in [-0.2, -0.15) is 0 Å². The number of aryl methyl sites for hydroxylation is 1. The number of nitrogens with zero attached hydrogens (tertiary/aromatic N) is 1. The first-order chi connectivity index (χ1) is 10.7. The van der Waals surface area contributed by atoms with E-state index in [2.05, 4.69) is 5.16 Å². The van der Waals surface area contributed by atoms with Gasteiger partial charge in [0.1, 0.15) is 17.7 Å². The molecule has 0 bridgehead atoms. The van der Waals surface area contributed by atoms with Crippen LogP contribution in [0, 0.1) is 6.92 Å². The molecule has 5 heteroatoms. The van der Waals surface area contributed by atoms with Crippen molar-refractivity contribution < 1.29 is 9.32 Å². The second-order valence-corrected chi connectivity index (χ2v) is 5.56. The summed E-state index contributed by atoms with van der Waals surface area (Å²) in [6, 6.07) is 15.2. The van der Waals surface area contributed by atoms with Gasteiger partial charge in [-0.1, -0.05) is 35.5 Å². The van der Waals surface area contributed by atoms with Crippen LogP contribution in [0.1, 0.15) is 16.1 Å². The Kier molecular flexibility index (Phi) is 4.09. The first kappa shape index (κ1) is 14.6. The number of nitrogens with two attached hydrogens (primary N) is 1. The van der Waals surface area contributed by atoms with Gasteiger partial charge in [-0.25, -0.2) is 0 Å². The first-order valence-electron chi connectivity index (χ1n) is 6.72. The van der Waals surface area contributed by atoms with Crippen LogP contribution >= 0.6 is 11.9 Å². The van der Waals surface area contributed by atoms with Gasteiger partial charge in [-0.3, -0.25) is 9.93 Å². The third-order valence-corrected chi connectivity index (χ3v) is 3.98. The molecule has 0 saturated carbocycles. The Morgan fingerprint density at radius 3 is 2.59 bits per heavy atom. The summed E-state index contributed by atoms with van der Waals surface area (Å²) in [5, 5.41) is 9.71. The largest absolute Gasteiger partial charge is 0.360 e. The first-order valence-corrected chi connectivity index (χ1v) is 7.60. The van der Waals surface area contributed by atoms with Gasteiger partial charge in [0.25, 0.3) is 0 Å². The number of carbonyl (C=O) groups is 1. The lowest BCUT2D eigenvalue weighted by atomic mass is 9.98. The molecule has 0 aliphatic rings. The van der Waals surface area contributed by atoms with E-state index in [0.29, 0.717) is 5.56 Å². The summed E-state index contributed by atoms with van der Waals surface area (Å²) < 4.78 is 5.37. The maximum atomic E-state index is 11.0. The summed E-state index contributed by atoms with van der Waals surface area (Å²) in [5.41, 5.74) is 4.13. The highest BCUT2D eigenvalue weighted by atomic mass is 32.2. The van der Waals surface area contributed by atoms with Crippen molar-refractivity contribution in [3.63, 3.8) is 0 Å². The SMILES string of the molecule is Cc1onc(-c2cccc(C=O)c2)c1-c1ccc(SN)cc1. The van der Waals surface area contributed by atoms with Crippen LogP contribution in [0.25, 0.3) is 22.4 Å². The summed E-state index contributed by atoms with van der Waals surface area (Å²) in [6.07, 6.45) is 0.823. The van der Waals surface area contributed by atoms with E-state index in [-0.39, 0.29) is 0 Å². The summed E-state index contributed by atoms with van der Waals surface area (Å²) in [7, 11) is 0. The molecule has 0 fully saturated rings. The monoisotopic (exact) mass is 310 g/mol. The van der Waals surface area contributed by atoms with Gasteiger partial charge >= 0.3 is 0 Å². The van der Waals surface area contributed by atoms with Gasteiger partial charge in [-0.05, 0) is 42.6 Å². The second kappa shape index (κ2) is 6.17. The predicted octanol–water partition coefficient (Wildman–Crippen LogP) is 4.10. The van der Waals surface area contributed by atoms with Crippen LogP contribution < -0.4 is 5.14 Å². The van der Waals surface area contributed by atoms with E-state index >= 15 is 0 Å². The molecule has 0 aliphatic carbocycles. The van der Waals surface area contributed by atoms with Crippen molar-refractivity contribution in [3.8, 4) is 22.4 Å². The molecule has 4 nitrogen and oxygen atoms in total. The number of rotatable bonds is 4. The van der Waals surface area contributed by atoms with E-state index < -0.39 is 0 Å². The molecule has 0 spiro atoms. The van der Waals surface area contributed by atoms with Crippen molar-refractivity contribution in [2.24, 2.45) is 5.14 Å². The maximum absolute atomic E-state index is 11.0. The standard InChI is InChI=1S/C17H14N2O2S/c1-11-16(13-5-7-15(22-18)8-6-13)17(19-21-11)14-4-2-3-12(9-14)10-20/h2-10H,18H2,1H3. The Balaban J connectivity index is 2.12. The Labute approximate surface area is 132 Å². The van der Waals surface area contributed by atoms with Crippen LogP contribution in [-0.4, -0.2) is 11.4 Å². The van der Waals surface area contributed by atoms with Crippen molar-refractivity contribution in [1.29, 1.82) is 0 Å². The highest BCUT2D eigenvalue weighted by Crippen LogP contribution is 2.34. The summed E-state index contributed by atoms with van der Waals surface area (Å²) in [4.78, 5) is 12.0. The zero-order valence-electron chi connectivity index (χ0n) is 11.9. The minimum atomic E-state index is 0.610. The van der Waals surface area contributed by atoms with E-state index in [1.807, 2.05) is 43.3 Å². The van der Waals surface area contributed by atoms with Gasteiger partial charge in [0.15, 0.2) is 0 Å². The molecule has 0 saturated heterocycles. The van der Waals surface area contributed by atoms with E-state index in [1.54, 1.807) is 12.1 Å². The quantitative estimate of drug-likeness (QED) is 0.580. The highest BCUT2D eigenvalue weighted by Gasteiger charge is 2.16. The maximum Gasteiger partial charge on any atom is 0.150 e. The number of benzene rings is 2. The third kappa shape index (κ3) is 2.68. The van der Waals surface area contributed by atoms with Crippen LogP contribution in [0.5, 0.6) is 0 Å². The van der Waals surface area contributed by atoms with Gasteiger partial charge in [0.05, 0.1) is 5.56 Å². The molecule has 110 valence electrons. The molecule has 3 aromatic rings. The van der Waals surface area contributed by atoms with Crippen LogP contribution in [0.3, 0.4) is 0 Å². The minimum Gasteiger partial charge on any atom is -0.360 e. The minimum absolute atomic E-state index is 0.610. The smallest absolute Gasteiger partial charge is 0.150 e. The molecule has 0 amide bonds. The van der Waals surface area contributed by atoms with E-state index in [9.17, 15) is 4.79 Å². The third-order valence-electron chi connectivity index (χ3n) is 3.44. The lowest BCUT2D eigenvalue weighted by Gasteiger charge is -2.05. The second-order valence-electron chi connectivity index (χ2n) is 4.85. The molecule has 2 N–H and O–H groups in total. The highest BCUT2D eigenvalue weighted by molar-refractivity contribution is 7.97. The molecule has 0 unspecified atom stereocenters. The van der Waals surface area contributed by atoms with Crippen LogP contribution in [0.2, 0.25) is 0 Å². The number of aldehydes is 1. The van der Waals surface area contributed by atoms with Crippen molar-refractivity contribution in [2.75, 3.05) is 0 Å². The molecule has 2 aromatic carbocycles. The van der Waals surface area contributed by atoms with E-state index in [4.69, 9.17) is 9.66 Å². The van der Waals surface area contributed by atoms with Gasteiger partial charge < -0.3 is 4.52 Å². The Morgan fingerprint density at radius 2 is 1.91 bits per heavy atom. The molecule has 0 aliphatic heterocycles. The topological polar surface area (TPSA) is 69.1 Å². The molecule has 0 radical (unpaired) electrons. The van der Waals surface area contributed by atoms with Crippen LogP contribution in [0.15, 0.2) is 57.9 Å². The molecule has 1 aromatic heterocycles. The summed E-state index contributed by atoms with van der Waals surface area (Å²) in [5.74, 6) is 0.736. The number of hydrogen-bond acceptors (Lipinski definition) is 5. The van der Waals surface area contributed by atoms with Gasteiger partial charge in [0, 0.05) is 16.0 Å². The molecular formula is C17H14N2O2S. The molecule has 1 heterocycles. The van der Waals surface area contributed by atoms with E-state index in [0.717, 1.165) is 39.3 Å². The van der Waals surface area contributed by atoms with Crippen molar-refractivity contribution in [2.45, 2.75) is 11.8 Å². The lowest BCUT2D eigenvalue weighted by molar-refractivity contribution is 0.112. The zero-order valence-corrected chi connectivity index (χ0v) is 12.8. The Hall–Kier alpha value is -2.37. The fourth-order valence-corrected chi connectivity index (χ4v) is 2.66. The lowest BCUT2D eigenvalue weighted by Crippen LogP contribution is -1.87. The number of carbonyl (C=O) groups excluding carboxylic acids is 1. The van der Waals surface area contributed by atoms with Gasteiger partial charge in [0.2, 0.25) is 0 Å². The van der Waals surface area contributed by atoms with Crippen molar-refractivity contribution >= 4 is 18.2 Å². The van der Waals surface area contributed by atoms with Crippen LogP contribution in [0.4, 0.5) is 0 Å². The van der Waals surface area contributed by atoms with Crippen molar-refractivity contribution in [1.82, 2.24) is 5.16 Å². The summed E-state index contributed by atoms with van der Waals surface area (Å²) in [6.45, 7) is 1.88. The molecule has 0 atom stereocenters. The average molecular weight is 310 g/mol. The Bertz CT molecular complexity index is 810. The van der Waals surface area contributed by atoms with Crippen molar-refractivity contribution in [3.05, 3.63) is 59.9 Å².